The van der Waals surface area contributed by atoms with Gasteiger partial charge in [0.25, 0.3) is 5.91 Å². The quantitative estimate of drug-likeness (QED) is 0.923. The predicted octanol–water partition coefficient (Wildman–Crippen LogP) is 2.41. The molecule has 4 nitrogen and oxygen atoms in total. The Morgan fingerprint density at radius 2 is 1.95 bits per heavy atom. The number of nitrogens with zero attached hydrogens (tertiary/aromatic N) is 1. The molecular formula is C14H17NO3S. The molecule has 0 unspecified atom stereocenters. The van der Waals surface area contributed by atoms with Crippen LogP contribution in [0.5, 0.6) is 0 Å². The minimum atomic E-state index is -0.933. The van der Waals surface area contributed by atoms with E-state index in [1.54, 1.807) is 12.1 Å². The first-order chi connectivity index (χ1) is 9.00. The number of carbonyl (C=O) groups excluding carboxylic acids is 1. The minimum absolute atomic E-state index is 0.201. The van der Waals surface area contributed by atoms with Crippen molar-refractivity contribution in [3.05, 3.63) is 35.4 Å². The highest BCUT2D eigenvalue weighted by atomic mass is 32.2. The van der Waals surface area contributed by atoms with Gasteiger partial charge in [-0.05, 0) is 23.6 Å². The highest BCUT2D eigenvalue weighted by Gasteiger charge is 2.34. The summed E-state index contributed by atoms with van der Waals surface area (Å²) in [6.45, 7) is 4.18. The van der Waals surface area contributed by atoms with Crippen LogP contribution in [-0.2, 0) is 4.79 Å². The summed E-state index contributed by atoms with van der Waals surface area (Å²) in [6.07, 6.45) is 0. The third kappa shape index (κ3) is 2.92. The molecule has 1 fully saturated rings. The first-order valence-corrected chi connectivity index (χ1v) is 7.37. The van der Waals surface area contributed by atoms with E-state index in [4.69, 9.17) is 5.11 Å². The predicted molar refractivity (Wildman–Crippen MR) is 75.4 cm³/mol. The van der Waals surface area contributed by atoms with Crippen molar-refractivity contribution < 1.29 is 14.7 Å². The number of hydrogen-bond donors (Lipinski definition) is 1. The molecule has 5 heteroatoms. The van der Waals surface area contributed by atoms with Gasteiger partial charge in [-0.25, -0.2) is 4.79 Å². The normalized spacial score (nSPS) is 18.9. The lowest BCUT2D eigenvalue weighted by Crippen LogP contribution is -2.41. The number of carboxylic acids is 1. The van der Waals surface area contributed by atoms with Crippen molar-refractivity contribution in [2.75, 3.05) is 11.6 Å². The third-order valence-electron chi connectivity index (χ3n) is 3.25. The molecule has 0 aliphatic carbocycles. The first-order valence-electron chi connectivity index (χ1n) is 6.22. The summed E-state index contributed by atoms with van der Waals surface area (Å²) in [6, 6.07) is 6.70. The number of rotatable bonds is 3. The van der Waals surface area contributed by atoms with Crippen LogP contribution in [-0.4, -0.2) is 39.6 Å². The van der Waals surface area contributed by atoms with Gasteiger partial charge >= 0.3 is 5.97 Å². The smallest absolute Gasteiger partial charge is 0.327 e. The fourth-order valence-electron chi connectivity index (χ4n) is 2.02. The highest BCUT2D eigenvalue weighted by molar-refractivity contribution is 7.99. The van der Waals surface area contributed by atoms with Gasteiger partial charge in [-0.1, -0.05) is 26.0 Å². The second kappa shape index (κ2) is 5.65. The number of amides is 1. The van der Waals surface area contributed by atoms with Crippen molar-refractivity contribution in [1.29, 1.82) is 0 Å². The van der Waals surface area contributed by atoms with Gasteiger partial charge < -0.3 is 10.0 Å². The molecule has 0 saturated carbocycles. The van der Waals surface area contributed by atoms with Gasteiger partial charge in [0.2, 0.25) is 0 Å². The van der Waals surface area contributed by atoms with Crippen LogP contribution < -0.4 is 0 Å². The lowest BCUT2D eigenvalue weighted by atomic mass is 10.0. The number of carboxylic acid groups (broad SMARTS) is 1. The molecule has 1 N–H and O–H groups in total. The zero-order valence-corrected chi connectivity index (χ0v) is 11.8. The van der Waals surface area contributed by atoms with E-state index in [-0.39, 0.29) is 5.91 Å². The molecule has 1 saturated heterocycles. The molecule has 1 atom stereocenters. The molecule has 1 heterocycles. The zero-order chi connectivity index (χ0) is 14.0. The summed E-state index contributed by atoms with van der Waals surface area (Å²) in [5.74, 6) is 0.190. The number of benzene rings is 1. The van der Waals surface area contributed by atoms with Crippen molar-refractivity contribution in [2.24, 2.45) is 0 Å². The first kappa shape index (κ1) is 13.9. The molecule has 102 valence electrons. The van der Waals surface area contributed by atoms with Crippen LogP contribution in [0.3, 0.4) is 0 Å². The van der Waals surface area contributed by atoms with Crippen molar-refractivity contribution >= 4 is 23.6 Å². The zero-order valence-electron chi connectivity index (χ0n) is 11.0. The average Bonchev–Trinajstić information content (AvgIpc) is 2.87. The van der Waals surface area contributed by atoms with Gasteiger partial charge in [0.1, 0.15) is 6.04 Å². The van der Waals surface area contributed by atoms with Gasteiger partial charge in [0.05, 0.1) is 5.88 Å². The molecule has 1 aliphatic rings. The van der Waals surface area contributed by atoms with Gasteiger partial charge in [0.15, 0.2) is 0 Å². The maximum absolute atomic E-state index is 12.3. The van der Waals surface area contributed by atoms with Gasteiger partial charge in [0, 0.05) is 11.3 Å². The molecule has 0 aromatic heterocycles. The number of thioether (sulfide) groups is 1. The molecule has 0 bridgehead atoms. The Kier molecular flexibility index (Phi) is 4.14. The molecule has 1 aromatic rings. The molecule has 19 heavy (non-hydrogen) atoms. The lowest BCUT2D eigenvalue weighted by molar-refractivity contribution is -0.140. The molecule has 1 amide bonds. The Bertz CT molecular complexity index is 484. The van der Waals surface area contributed by atoms with Crippen LogP contribution in [0.1, 0.15) is 35.7 Å². The number of carbonyl (C=O) groups is 2. The summed E-state index contributed by atoms with van der Waals surface area (Å²) in [4.78, 5) is 24.8. The Morgan fingerprint density at radius 3 is 2.47 bits per heavy atom. The Labute approximate surface area is 116 Å². The highest BCUT2D eigenvalue weighted by Crippen LogP contribution is 2.24. The van der Waals surface area contributed by atoms with Crippen LogP contribution >= 0.6 is 11.8 Å². The summed E-state index contributed by atoms with van der Waals surface area (Å²) in [7, 11) is 0. The molecular weight excluding hydrogens is 262 g/mol. The number of aliphatic carboxylic acids is 1. The third-order valence-corrected chi connectivity index (χ3v) is 4.26. The van der Waals surface area contributed by atoms with E-state index in [2.05, 4.69) is 13.8 Å². The van der Waals surface area contributed by atoms with Crippen molar-refractivity contribution in [3.8, 4) is 0 Å². The van der Waals surface area contributed by atoms with Crippen LogP contribution in [0.2, 0.25) is 0 Å². The molecule has 2 rings (SSSR count). The summed E-state index contributed by atoms with van der Waals surface area (Å²) in [5.41, 5.74) is 1.72. The van der Waals surface area contributed by atoms with E-state index in [0.717, 1.165) is 0 Å². The summed E-state index contributed by atoms with van der Waals surface area (Å²) in [5, 5.41) is 9.09. The van der Waals surface area contributed by atoms with E-state index >= 15 is 0 Å². The minimum Gasteiger partial charge on any atom is -0.480 e. The van der Waals surface area contributed by atoms with E-state index in [9.17, 15) is 9.59 Å². The van der Waals surface area contributed by atoms with Crippen molar-refractivity contribution in [2.45, 2.75) is 25.8 Å². The van der Waals surface area contributed by atoms with Gasteiger partial charge in [-0.15, -0.1) is 11.8 Å². The second-order valence-electron chi connectivity index (χ2n) is 4.91. The van der Waals surface area contributed by atoms with Crippen LogP contribution in [0, 0.1) is 0 Å². The Balaban J connectivity index is 2.17. The summed E-state index contributed by atoms with van der Waals surface area (Å²) < 4.78 is 0. The maximum Gasteiger partial charge on any atom is 0.327 e. The van der Waals surface area contributed by atoms with E-state index in [0.29, 0.717) is 23.1 Å². The Morgan fingerprint density at radius 1 is 1.32 bits per heavy atom. The molecule has 1 aromatic carbocycles. The van der Waals surface area contributed by atoms with E-state index in [1.807, 2.05) is 12.1 Å². The van der Waals surface area contributed by atoms with Crippen molar-refractivity contribution in [3.63, 3.8) is 0 Å². The molecule has 0 radical (unpaired) electrons. The Hall–Kier alpha value is -1.49. The van der Waals surface area contributed by atoms with Crippen molar-refractivity contribution in [1.82, 2.24) is 4.90 Å². The molecule has 1 aliphatic heterocycles. The van der Waals surface area contributed by atoms with Crippen LogP contribution in [0.25, 0.3) is 0 Å². The average molecular weight is 279 g/mol. The topological polar surface area (TPSA) is 57.6 Å². The fraction of sp³-hybridized carbons (Fsp3) is 0.429. The summed E-state index contributed by atoms with van der Waals surface area (Å²) >= 11 is 1.47. The van der Waals surface area contributed by atoms with E-state index < -0.39 is 12.0 Å². The van der Waals surface area contributed by atoms with E-state index in [1.165, 1.54) is 22.2 Å². The fourth-order valence-corrected chi connectivity index (χ4v) is 3.17. The maximum atomic E-state index is 12.3. The largest absolute Gasteiger partial charge is 0.480 e. The van der Waals surface area contributed by atoms with Crippen LogP contribution in [0.15, 0.2) is 24.3 Å². The second-order valence-corrected chi connectivity index (χ2v) is 5.91. The van der Waals surface area contributed by atoms with Gasteiger partial charge in [-0.3, -0.25) is 4.79 Å². The SMILES string of the molecule is CC(C)c1ccc(C(=O)N2CSC[C@H]2C(=O)O)cc1. The standard InChI is InChI=1S/C14H17NO3S/c1-9(2)10-3-5-11(6-4-10)13(16)15-8-19-7-12(15)14(17)18/h3-6,9,12H,7-8H2,1-2H3,(H,17,18)/t12-/m0/s1. The molecule has 0 spiro atoms. The monoisotopic (exact) mass is 279 g/mol. The van der Waals surface area contributed by atoms with Gasteiger partial charge in [-0.2, -0.15) is 0 Å². The lowest BCUT2D eigenvalue weighted by Gasteiger charge is -2.20. The number of hydrogen-bond acceptors (Lipinski definition) is 3. The van der Waals surface area contributed by atoms with Crippen LogP contribution in [0.4, 0.5) is 0 Å².